The average molecular weight is 298 g/mol. The summed E-state index contributed by atoms with van der Waals surface area (Å²) in [7, 11) is -2.85. The minimum atomic E-state index is -3.00. The predicted molar refractivity (Wildman–Crippen MR) is 76.4 cm³/mol. The van der Waals surface area contributed by atoms with Gasteiger partial charge < -0.3 is 4.74 Å². The van der Waals surface area contributed by atoms with E-state index in [-0.39, 0.29) is 19.4 Å². The number of ether oxygens (including phenoxy) is 1. The minimum Gasteiger partial charge on any atom is -0.465 e. The summed E-state index contributed by atoms with van der Waals surface area (Å²) in [5.41, 5.74) is -3.94. The molecule has 0 aliphatic carbocycles. The number of esters is 1. The highest BCUT2D eigenvalue weighted by Crippen LogP contribution is 2.51. The number of alkyl halides is 2. The molecule has 0 bridgehead atoms. The van der Waals surface area contributed by atoms with Crippen LogP contribution in [0.3, 0.4) is 0 Å². The molecule has 0 spiro atoms. The van der Waals surface area contributed by atoms with Crippen LogP contribution in [0.15, 0.2) is 30.3 Å². The molecule has 20 heavy (non-hydrogen) atoms. The highest BCUT2D eigenvalue weighted by Gasteiger charge is 2.67. The van der Waals surface area contributed by atoms with Crippen LogP contribution in [0.1, 0.15) is 12.0 Å². The predicted octanol–water partition coefficient (Wildman–Crippen LogP) is 3.68. The molecule has 1 aromatic rings. The molecule has 0 radical (unpaired) electrons. The normalized spacial score (nSPS) is 23.8. The smallest absolute Gasteiger partial charge is 0.318 e. The van der Waals surface area contributed by atoms with Crippen molar-refractivity contribution in [3.05, 3.63) is 35.9 Å². The monoisotopic (exact) mass is 298 g/mol. The van der Waals surface area contributed by atoms with E-state index in [1.807, 2.05) is 6.07 Å². The fourth-order valence-electron chi connectivity index (χ4n) is 2.78. The van der Waals surface area contributed by atoms with E-state index in [2.05, 4.69) is 0 Å². The van der Waals surface area contributed by atoms with Crippen molar-refractivity contribution in [3.63, 3.8) is 0 Å². The van der Waals surface area contributed by atoms with Crippen molar-refractivity contribution in [2.75, 3.05) is 6.61 Å². The number of cyclic esters (lactones) is 1. The molecule has 1 atom stereocenters. The van der Waals surface area contributed by atoms with E-state index in [1.54, 1.807) is 43.9 Å². The van der Waals surface area contributed by atoms with E-state index in [4.69, 9.17) is 4.74 Å². The minimum absolute atomic E-state index is 0.0456. The molecule has 0 N–H and O–H groups in total. The highest BCUT2D eigenvalue weighted by atomic mass is 28.3. The van der Waals surface area contributed by atoms with Gasteiger partial charge in [-0.25, -0.2) is 8.78 Å². The van der Waals surface area contributed by atoms with Crippen molar-refractivity contribution in [1.82, 2.24) is 0 Å². The van der Waals surface area contributed by atoms with E-state index in [0.29, 0.717) is 0 Å². The zero-order valence-electron chi connectivity index (χ0n) is 12.1. The largest absolute Gasteiger partial charge is 0.465 e. The van der Waals surface area contributed by atoms with Crippen molar-refractivity contribution < 1.29 is 18.3 Å². The number of hydrogen-bond donors (Lipinski definition) is 0. The summed E-state index contributed by atoms with van der Waals surface area (Å²) in [6, 6.07) is 9.01. The van der Waals surface area contributed by atoms with Crippen LogP contribution in [-0.4, -0.2) is 26.2 Å². The van der Waals surface area contributed by atoms with Crippen LogP contribution < -0.4 is 0 Å². The fourth-order valence-corrected chi connectivity index (χ4v) is 4.53. The van der Waals surface area contributed by atoms with Crippen LogP contribution in [0.2, 0.25) is 19.6 Å². The van der Waals surface area contributed by atoms with Gasteiger partial charge in [0.1, 0.15) is 13.5 Å². The third kappa shape index (κ3) is 2.28. The van der Waals surface area contributed by atoms with Gasteiger partial charge in [0.2, 0.25) is 5.55 Å². The van der Waals surface area contributed by atoms with Crippen molar-refractivity contribution in [1.29, 1.82) is 0 Å². The molecule has 2 nitrogen and oxygen atoms in total. The molecule has 1 aliphatic rings. The van der Waals surface area contributed by atoms with E-state index in [9.17, 15) is 13.6 Å². The Morgan fingerprint density at radius 1 is 1.25 bits per heavy atom. The van der Waals surface area contributed by atoms with Crippen LogP contribution in [0.4, 0.5) is 8.78 Å². The van der Waals surface area contributed by atoms with Gasteiger partial charge in [-0.15, -0.1) is 0 Å². The van der Waals surface area contributed by atoms with Crippen LogP contribution in [0, 0.1) is 5.41 Å². The van der Waals surface area contributed by atoms with Crippen molar-refractivity contribution in [2.24, 2.45) is 5.41 Å². The standard InChI is InChI=1S/C15H20F2O2Si/c1-20(2,3)15(16,17)14(9-10-19-13(14)18)11-12-7-5-4-6-8-12/h4-8H,9-11H2,1-3H3. The Morgan fingerprint density at radius 3 is 2.30 bits per heavy atom. The molecule has 1 fully saturated rings. The number of carbonyl (C=O) groups is 1. The number of carbonyl (C=O) groups excluding carboxylic acids is 1. The molecular formula is C15H20F2O2Si. The summed E-state index contributed by atoms with van der Waals surface area (Å²) in [5.74, 6) is -0.742. The van der Waals surface area contributed by atoms with E-state index >= 15 is 0 Å². The second kappa shape index (κ2) is 4.95. The number of hydrogen-bond acceptors (Lipinski definition) is 2. The molecular weight excluding hydrogens is 278 g/mol. The number of benzene rings is 1. The lowest BCUT2D eigenvalue weighted by Gasteiger charge is -2.41. The van der Waals surface area contributed by atoms with Gasteiger partial charge in [-0.05, 0) is 12.0 Å². The lowest BCUT2D eigenvalue weighted by molar-refractivity contribution is -0.158. The molecule has 0 aromatic heterocycles. The fraction of sp³-hybridized carbons (Fsp3) is 0.533. The van der Waals surface area contributed by atoms with Gasteiger partial charge in [0.25, 0.3) is 0 Å². The zero-order valence-corrected chi connectivity index (χ0v) is 13.1. The van der Waals surface area contributed by atoms with Crippen molar-refractivity contribution >= 4 is 14.0 Å². The molecule has 1 aromatic carbocycles. The highest BCUT2D eigenvalue weighted by molar-refractivity contribution is 6.78. The first-order chi connectivity index (χ1) is 9.21. The van der Waals surface area contributed by atoms with Crippen LogP contribution in [-0.2, 0) is 16.0 Å². The maximum atomic E-state index is 15.0. The Hall–Kier alpha value is -1.23. The lowest BCUT2D eigenvalue weighted by atomic mass is 9.80. The topological polar surface area (TPSA) is 26.3 Å². The van der Waals surface area contributed by atoms with Gasteiger partial charge >= 0.3 is 5.97 Å². The molecule has 5 heteroatoms. The molecule has 1 aliphatic heterocycles. The molecule has 1 saturated heterocycles. The van der Waals surface area contributed by atoms with Crippen molar-refractivity contribution in [3.8, 4) is 0 Å². The first-order valence-corrected chi connectivity index (χ1v) is 10.3. The van der Waals surface area contributed by atoms with Crippen molar-refractivity contribution in [2.45, 2.75) is 38.0 Å². The number of rotatable bonds is 4. The number of halogens is 2. The SMILES string of the molecule is C[Si](C)(C)C(F)(F)C1(Cc2ccccc2)CCOC1=O. The molecule has 110 valence electrons. The van der Waals surface area contributed by atoms with Crippen LogP contribution in [0.5, 0.6) is 0 Å². The van der Waals surface area contributed by atoms with E-state index in [1.165, 1.54) is 0 Å². The summed E-state index contributed by atoms with van der Waals surface area (Å²) in [6.07, 6.45) is 0.141. The summed E-state index contributed by atoms with van der Waals surface area (Å²) in [6.45, 7) is 4.90. The van der Waals surface area contributed by atoms with E-state index < -0.39 is 25.0 Å². The maximum absolute atomic E-state index is 15.0. The first-order valence-electron chi connectivity index (χ1n) is 6.80. The third-order valence-electron chi connectivity index (χ3n) is 4.04. The van der Waals surface area contributed by atoms with Gasteiger partial charge in [0.15, 0.2) is 0 Å². The van der Waals surface area contributed by atoms with E-state index in [0.717, 1.165) is 5.56 Å². The second-order valence-electron chi connectivity index (χ2n) is 6.45. The quantitative estimate of drug-likeness (QED) is 0.626. The van der Waals surface area contributed by atoms with Gasteiger partial charge in [-0.2, -0.15) is 0 Å². The van der Waals surface area contributed by atoms with Crippen LogP contribution in [0.25, 0.3) is 0 Å². The van der Waals surface area contributed by atoms with Gasteiger partial charge in [-0.1, -0.05) is 50.0 Å². The second-order valence-corrected chi connectivity index (χ2v) is 11.6. The molecule has 0 amide bonds. The molecule has 2 rings (SSSR count). The Kier molecular flexibility index (Phi) is 3.75. The third-order valence-corrected chi connectivity index (χ3v) is 6.41. The van der Waals surface area contributed by atoms with Gasteiger partial charge in [0, 0.05) is 6.42 Å². The van der Waals surface area contributed by atoms with Gasteiger partial charge in [0.05, 0.1) is 6.61 Å². The summed E-state index contributed by atoms with van der Waals surface area (Å²) >= 11 is 0. The average Bonchev–Trinajstić information content (AvgIpc) is 2.72. The first kappa shape index (κ1) is 15.2. The lowest BCUT2D eigenvalue weighted by Crippen LogP contribution is -2.60. The maximum Gasteiger partial charge on any atom is 0.318 e. The Morgan fingerprint density at radius 2 is 1.85 bits per heavy atom. The Labute approximate surface area is 119 Å². The summed E-state index contributed by atoms with van der Waals surface area (Å²) < 4.78 is 34.9. The molecule has 1 unspecified atom stereocenters. The zero-order chi connectivity index (χ0) is 15.0. The molecule has 0 saturated carbocycles. The molecule has 1 heterocycles. The Bertz CT molecular complexity index is 496. The Balaban J connectivity index is 2.45. The van der Waals surface area contributed by atoms with Gasteiger partial charge in [-0.3, -0.25) is 4.79 Å². The summed E-state index contributed by atoms with van der Waals surface area (Å²) in [4.78, 5) is 12.1. The van der Waals surface area contributed by atoms with Crippen LogP contribution >= 0.6 is 0 Å². The summed E-state index contributed by atoms with van der Waals surface area (Å²) in [5, 5.41) is 0.